The van der Waals surface area contributed by atoms with Gasteiger partial charge in [0.2, 0.25) is 11.8 Å². The van der Waals surface area contributed by atoms with E-state index in [-0.39, 0.29) is 17.9 Å². The van der Waals surface area contributed by atoms with Gasteiger partial charge in [0.15, 0.2) is 0 Å². The van der Waals surface area contributed by atoms with Gasteiger partial charge in [0.25, 0.3) is 0 Å². The van der Waals surface area contributed by atoms with Gasteiger partial charge in [-0.25, -0.2) is 4.98 Å². The Kier molecular flexibility index (Phi) is 8.47. The molecule has 3 aromatic rings. The molecule has 2 amide bonds. The van der Waals surface area contributed by atoms with Crippen molar-refractivity contribution in [3.8, 4) is 0 Å². The smallest absolute Gasteiger partial charge is 0.245 e. The SMILES string of the molecule is O=C(N[C@H](Cc1ccc(Cl)cc1)C(=O)N1CCC2(CC1)C[C@@H](Cn1cncn1)C1CCCCC12)[C@H]1Cc2ccccc2CN1. The van der Waals surface area contributed by atoms with Crippen LogP contribution in [0.3, 0.4) is 0 Å². The number of nitrogens with one attached hydrogen (secondary N) is 2. The molecular weight excluding hydrogens is 572 g/mol. The molecule has 2 aliphatic heterocycles. The summed E-state index contributed by atoms with van der Waals surface area (Å²) in [5.41, 5.74) is 3.69. The molecule has 3 fully saturated rings. The van der Waals surface area contributed by atoms with E-state index >= 15 is 0 Å². The standard InChI is InChI=1S/C35H43ClN6O2/c36-28-11-9-24(10-12-28)17-32(40-33(43)31-18-25-5-1-2-6-26(25)20-38-31)34(44)41-15-13-35(14-16-41)19-27(21-42-23-37-22-39-42)29-7-3-4-8-30(29)35/h1-2,5-6,9-12,22-23,27,29-32,38H,3-4,7-8,13-21H2,(H,40,43)/t27-,29?,30?,31+,32+/m0/s1. The number of likely N-dealkylation sites (tertiary alicyclic amines) is 1. The van der Waals surface area contributed by atoms with E-state index in [0.717, 1.165) is 49.9 Å². The van der Waals surface area contributed by atoms with Gasteiger partial charge in [-0.2, -0.15) is 5.10 Å². The summed E-state index contributed by atoms with van der Waals surface area (Å²) in [6.45, 7) is 3.10. The van der Waals surface area contributed by atoms with Crippen LogP contribution in [-0.4, -0.2) is 56.7 Å². The fourth-order valence-corrected chi connectivity index (χ4v) is 9.14. The van der Waals surface area contributed by atoms with E-state index in [2.05, 4.69) is 32.8 Å². The first kappa shape index (κ1) is 29.5. The van der Waals surface area contributed by atoms with Crippen molar-refractivity contribution < 1.29 is 9.59 Å². The van der Waals surface area contributed by atoms with Crippen LogP contribution in [0.5, 0.6) is 0 Å². The maximum atomic E-state index is 14.2. The molecule has 8 nitrogen and oxygen atoms in total. The number of rotatable bonds is 7. The lowest BCUT2D eigenvalue weighted by atomic mass is 9.65. The van der Waals surface area contributed by atoms with E-state index in [1.165, 1.54) is 43.2 Å². The molecule has 1 aromatic heterocycles. The summed E-state index contributed by atoms with van der Waals surface area (Å²) in [6.07, 6.45) is 13.1. The summed E-state index contributed by atoms with van der Waals surface area (Å²) in [5, 5.41) is 11.6. The van der Waals surface area contributed by atoms with Crippen molar-refractivity contribution in [2.24, 2.45) is 23.2 Å². The van der Waals surface area contributed by atoms with Gasteiger partial charge >= 0.3 is 0 Å². The third-order valence-corrected chi connectivity index (χ3v) is 11.5. The first-order valence-corrected chi connectivity index (χ1v) is 16.8. The largest absolute Gasteiger partial charge is 0.343 e. The molecule has 2 saturated carbocycles. The van der Waals surface area contributed by atoms with Crippen LogP contribution in [0, 0.1) is 23.2 Å². The predicted octanol–water partition coefficient (Wildman–Crippen LogP) is 4.81. The first-order chi connectivity index (χ1) is 21.5. The minimum Gasteiger partial charge on any atom is -0.343 e. The number of halogens is 1. The van der Waals surface area contributed by atoms with Gasteiger partial charge in [0.1, 0.15) is 18.7 Å². The fraction of sp³-hybridized carbons (Fsp3) is 0.543. The van der Waals surface area contributed by atoms with E-state index in [1.807, 2.05) is 52.3 Å². The molecule has 2 aromatic carbocycles. The van der Waals surface area contributed by atoms with Gasteiger partial charge in [0.05, 0.1) is 6.04 Å². The Hall–Kier alpha value is -3.23. The van der Waals surface area contributed by atoms with Crippen LogP contribution >= 0.6 is 11.6 Å². The van der Waals surface area contributed by atoms with Crippen LogP contribution in [0.25, 0.3) is 0 Å². The molecule has 2 N–H and O–H groups in total. The monoisotopic (exact) mass is 614 g/mol. The summed E-state index contributed by atoms with van der Waals surface area (Å²) in [4.78, 5) is 34.0. The second-order valence-corrected chi connectivity index (χ2v) is 14.1. The van der Waals surface area contributed by atoms with Crippen LogP contribution in [0.2, 0.25) is 5.02 Å². The molecule has 1 spiro atoms. The molecule has 232 valence electrons. The minimum atomic E-state index is -0.622. The molecule has 3 heterocycles. The number of carbonyl (C=O) groups is 2. The third-order valence-electron chi connectivity index (χ3n) is 11.2. The van der Waals surface area contributed by atoms with Gasteiger partial charge < -0.3 is 15.5 Å². The van der Waals surface area contributed by atoms with Crippen LogP contribution in [0.1, 0.15) is 61.6 Å². The maximum absolute atomic E-state index is 14.2. The number of aromatic nitrogens is 3. The number of amides is 2. The molecule has 4 aliphatic rings. The van der Waals surface area contributed by atoms with E-state index in [0.29, 0.717) is 35.7 Å². The number of hydrogen-bond acceptors (Lipinski definition) is 5. The van der Waals surface area contributed by atoms with Crippen LogP contribution in [-0.2, 0) is 35.5 Å². The molecule has 7 rings (SSSR count). The minimum absolute atomic E-state index is 0.0247. The lowest BCUT2D eigenvalue weighted by molar-refractivity contribution is -0.139. The lowest BCUT2D eigenvalue weighted by Crippen LogP contribution is -2.57. The Morgan fingerprint density at radius 3 is 2.59 bits per heavy atom. The second kappa shape index (κ2) is 12.6. The van der Waals surface area contributed by atoms with Gasteiger partial charge in [0, 0.05) is 37.6 Å². The van der Waals surface area contributed by atoms with E-state index in [4.69, 9.17) is 11.6 Å². The van der Waals surface area contributed by atoms with Crippen molar-refractivity contribution in [2.75, 3.05) is 13.1 Å². The Labute approximate surface area is 264 Å². The molecule has 0 bridgehead atoms. The number of hydrogen-bond donors (Lipinski definition) is 2. The lowest BCUT2D eigenvalue weighted by Gasteiger charge is -2.46. The summed E-state index contributed by atoms with van der Waals surface area (Å²) in [6, 6.07) is 14.9. The van der Waals surface area contributed by atoms with Crippen molar-refractivity contribution in [1.29, 1.82) is 0 Å². The topological polar surface area (TPSA) is 92.2 Å². The molecule has 44 heavy (non-hydrogen) atoms. The van der Waals surface area contributed by atoms with Crippen molar-refractivity contribution in [3.63, 3.8) is 0 Å². The second-order valence-electron chi connectivity index (χ2n) is 13.6. The number of piperidine rings is 1. The summed E-state index contributed by atoms with van der Waals surface area (Å²) < 4.78 is 2.01. The van der Waals surface area contributed by atoms with Gasteiger partial charge in [-0.1, -0.05) is 60.8 Å². The molecule has 0 radical (unpaired) electrons. The average molecular weight is 615 g/mol. The number of nitrogens with zero attached hydrogens (tertiary/aromatic N) is 4. The van der Waals surface area contributed by atoms with Gasteiger partial charge in [-0.3, -0.25) is 14.3 Å². The Morgan fingerprint density at radius 1 is 1.05 bits per heavy atom. The highest BCUT2D eigenvalue weighted by molar-refractivity contribution is 6.30. The fourth-order valence-electron chi connectivity index (χ4n) is 9.01. The molecule has 5 atom stereocenters. The quantitative estimate of drug-likeness (QED) is 0.399. The van der Waals surface area contributed by atoms with Crippen molar-refractivity contribution in [1.82, 2.24) is 30.3 Å². The van der Waals surface area contributed by atoms with Gasteiger partial charge in [-0.05, 0) is 90.5 Å². The van der Waals surface area contributed by atoms with E-state index in [1.54, 1.807) is 6.33 Å². The average Bonchev–Trinajstić information content (AvgIpc) is 3.68. The normalized spacial score (nSPS) is 26.5. The zero-order chi connectivity index (χ0) is 30.1. The molecular formula is C35H43ClN6O2. The molecule has 9 heteroatoms. The Bertz CT molecular complexity index is 1450. The van der Waals surface area contributed by atoms with Crippen LogP contribution < -0.4 is 10.6 Å². The van der Waals surface area contributed by atoms with E-state index in [9.17, 15) is 9.59 Å². The predicted molar refractivity (Wildman–Crippen MR) is 170 cm³/mol. The molecule has 2 unspecified atom stereocenters. The van der Waals surface area contributed by atoms with Crippen LogP contribution in [0.15, 0.2) is 61.2 Å². The van der Waals surface area contributed by atoms with Crippen molar-refractivity contribution >= 4 is 23.4 Å². The Morgan fingerprint density at radius 2 is 1.82 bits per heavy atom. The number of fused-ring (bicyclic) bond motifs is 3. The zero-order valence-electron chi connectivity index (χ0n) is 25.3. The zero-order valence-corrected chi connectivity index (χ0v) is 26.1. The summed E-state index contributed by atoms with van der Waals surface area (Å²) in [7, 11) is 0. The van der Waals surface area contributed by atoms with Crippen LogP contribution in [0.4, 0.5) is 0 Å². The summed E-state index contributed by atoms with van der Waals surface area (Å²) in [5.74, 6) is 2.00. The highest BCUT2D eigenvalue weighted by Gasteiger charge is 2.54. The maximum Gasteiger partial charge on any atom is 0.245 e. The van der Waals surface area contributed by atoms with E-state index < -0.39 is 6.04 Å². The highest BCUT2D eigenvalue weighted by Crippen LogP contribution is 2.60. The summed E-state index contributed by atoms with van der Waals surface area (Å²) >= 11 is 6.16. The first-order valence-electron chi connectivity index (χ1n) is 16.4. The highest BCUT2D eigenvalue weighted by atomic mass is 35.5. The van der Waals surface area contributed by atoms with Gasteiger partial charge in [-0.15, -0.1) is 0 Å². The number of carbonyl (C=O) groups excluding carboxylic acids is 2. The molecule has 1 saturated heterocycles. The van der Waals surface area contributed by atoms with Crippen molar-refractivity contribution in [3.05, 3.63) is 82.9 Å². The third kappa shape index (κ3) is 6.03. The molecule has 2 aliphatic carbocycles. The van der Waals surface area contributed by atoms with Crippen molar-refractivity contribution in [2.45, 2.75) is 83.0 Å². The Balaban J connectivity index is 1.05. The number of benzene rings is 2.